The number of carboxylic acids is 1. The van der Waals surface area contributed by atoms with Gasteiger partial charge >= 0.3 is 5.97 Å². The second kappa shape index (κ2) is 12.5. The molecule has 1 aliphatic heterocycles. The molecule has 3 amide bonds. The van der Waals surface area contributed by atoms with E-state index < -0.39 is 35.8 Å². The molecule has 0 radical (unpaired) electrons. The number of halogens is 1. The number of carbonyl (C=O) groups is 4. The van der Waals surface area contributed by atoms with Crippen LogP contribution in [-0.4, -0.2) is 63.9 Å². The number of rotatable bonds is 9. The molecule has 0 bridgehead atoms. The SMILES string of the molecule is O=C(O)CC(NC(=O)C1N(C(=O)CCC2CCCC2)CCN1C(=O)c1ccc(F)cc1)C1CCCCC1. The number of nitrogens with zero attached hydrogens (tertiary/aromatic N) is 2. The van der Waals surface area contributed by atoms with Gasteiger partial charge in [-0.25, -0.2) is 4.39 Å². The summed E-state index contributed by atoms with van der Waals surface area (Å²) in [6.07, 6.45) is 9.05. The van der Waals surface area contributed by atoms with Crippen molar-refractivity contribution in [2.45, 2.75) is 89.3 Å². The molecule has 1 heterocycles. The van der Waals surface area contributed by atoms with Gasteiger partial charge in [-0.1, -0.05) is 44.9 Å². The fourth-order valence-corrected chi connectivity index (χ4v) is 6.23. The maximum Gasteiger partial charge on any atom is 0.305 e. The number of amides is 3. The van der Waals surface area contributed by atoms with Crippen molar-refractivity contribution < 1.29 is 28.7 Å². The molecule has 37 heavy (non-hydrogen) atoms. The Labute approximate surface area is 217 Å². The zero-order chi connectivity index (χ0) is 26.4. The van der Waals surface area contributed by atoms with Crippen molar-refractivity contribution in [2.24, 2.45) is 11.8 Å². The maximum atomic E-state index is 13.7. The zero-order valence-corrected chi connectivity index (χ0v) is 21.4. The van der Waals surface area contributed by atoms with E-state index in [-0.39, 0.29) is 36.9 Å². The smallest absolute Gasteiger partial charge is 0.305 e. The monoisotopic (exact) mass is 515 g/mol. The Balaban J connectivity index is 1.53. The van der Waals surface area contributed by atoms with Gasteiger partial charge in [0.15, 0.2) is 6.17 Å². The molecular weight excluding hydrogens is 477 g/mol. The van der Waals surface area contributed by atoms with Crippen LogP contribution in [0.1, 0.15) is 87.4 Å². The van der Waals surface area contributed by atoms with Crippen LogP contribution in [0, 0.1) is 17.7 Å². The quantitative estimate of drug-likeness (QED) is 0.518. The van der Waals surface area contributed by atoms with Gasteiger partial charge in [0.25, 0.3) is 11.8 Å². The average molecular weight is 516 g/mol. The fraction of sp³-hybridized carbons (Fsp3) is 0.643. The highest BCUT2D eigenvalue weighted by Crippen LogP contribution is 2.31. The van der Waals surface area contributed by atoms with Crippen molar-refractivity contribution in [3.05, 3.63) is 35.6 Å². The summed E-state index contributed by atoms with van der Waals surface area (Å²) in [6.45, 7) is 0.401. The highest BCUT2D eigenvalue weighted by Gasteiger charge is 2.44. The highest BCUT2D eigenvalue weighted by atomic mass is 19.1. The van der Waals surface area contributed by atoms with E-state index in [2.05, 4.69) is 5.32 Å². The molecule has 2 aliphatic carbocycles. The van der Waals surface area contributed by atoms with Gasteiger partial charge in [-0.2, -0.15) is 0 Å². The van der Waals surface area contributed by atoms with Gasteiger partial charge < -0.3 is 20.2 Å². The van der Waals surface area contributed by atoms with Crippen LogP contribution in [0.5, 0.6) is 0 Å². The normalized spacial score (nSPS) is 21.7. The first-order valence-electron chi connectivity index (χ1n) is 13.7. The standard InChI is InChI=1S/C28H38FN3O5/c29-22-13-11-21(12-14-22)28(37)32-17-16-31(24(33)15-10-19-6-4-5-7-19)27(32)26(36)30-23(18-25(34)35)20-8-2-1-3-9-20/h11-14,19-20,23,27H,1-10,15-18H2,(H,30,36)(H,34,35). The number of benzene rings is 1. The van der Waals surface area contributed by atoms with Gasteiger partial charge in [0, 0.05) is 31.1 Å². The van der Waals surface area contributed by atoms with E-state index >= 15 is 0 Å². The van der Waals surface area contributed by atoms with Crippen LogP contribution in [0.15, 0.2) is 24.3 Å². The van der Waals surface area contributed by atoms with E-state index in [1.54, 1.807) is 0 Å². The summed E-state index contributed by atoms with van der Waals surface area (Å²) in [5.41, 5.74) is 0.230. The van der Waals surface area contributed by atoms with Gasteiger partial charge in [-0.05, 0) is 55.4 Å². The maximum absolute atomic E-state index is 13.7. The lowest BCUT2D eigenvalue weighted by Crippen LogP contribution is -2.57. The van der Waals surface area contributed by atoms with Crippen molar-refractivity contribution in [1.29, 1.82) is 0 Å². The molecule has 1 aromatic carbocycles. The third kappa shape index (κ3) is 6.87. The number of hydrogen-bond donors (Lipinski definition) is 2. The number of nitrogens with one attached hydrogen (secondary N) is 1. The van der Waals surface area contributed by atoms with Crippen molar-refractivity contribution in [3.8, 4) is 0 Å². The second-order valence-corrected chi connectivity index (χ2v) is 10.8. The number of hydrogen-bond acceptors (Lipinski definition) is 4. The summed E-state index contributed by atoms with van der Waals surface area (Å²) >= 11 is 0. The number of carbonyl (C=O) groups excluding carboxylic acids is 3. The summed E-state index contributed by atoms with van der Waals surface area (Å²) in [6, 6.07) is 4.55. The van der Waals surface area contributed by atoms with Crippen LogP contribution < -0.4 is 5.32 Å². The molecule has 1 aromatic rings. The second-order valence-electron chi connectivity index (χ2n) is 10.8. The van der Waals surface area contributed by atoms with Crippen LogP contribution in [0.2, 0.25) is 0 Å². The van der Waals surface area contributed by atoms with Crippen molar-refractivity contribution in [3.63, 3.8) is 0 Å². The largest absolute Gasteiger partial charge is 0.481 e. The molecule has 1 saturated heterocycles. The molecule has 2 N–H and O–H groups in total. The van der Waals surface area contributed by atoms with Crippen LogP contribution in [0.4, 0.5) is 4.39 Å². The Hall–Kier alpha value is -2.97. The van der Waals surface area contributed by atoms with Crippen molar-refractivity contribution >= 4 is 23.7 Å². The average Bonchev–Trinajstić information content (AvgIpc) is 3.57. The number of aliphatic carboxylic acids is 1. The predicted molar refractivity (Wildman–Crippen MR) is 135 cm³/mol. The molecule has 0 spiro atoms. The van der Waals surface area contributed by atoms with Crippen LogP contribution in [-0.2, 0) is 14.4 Å². The van der Waals surface area contributed by atoms with Crippen molar-refractivity contribution in [2.75, 3.05) is 13.1 Å². The van der Waals surface area contributed by atoms with E-state index in [1.165, 1.54) is 46.9 Å². The van der Waals surface area contributed by atoms with Crippen LogP contribution >= 0.6 is 0 Å². The molecule has 3 fully saturated rings. The van der Waals surface area contributed by atoms with Gasteiger partial charge in [-0.3, -0.25) is 19.2 Å². The summed E-state index contributed by atoms with van der Waals surface area (Å²) in [7, 11) is 0. The molecule has 2 unspecified atom stereocenters. The zero-order valence-electron chi connectivity index (χ0n) is 21.4. The predicted octanol–water partition coefficient (Wildman–Crippen LogP) is 3.95. The van der Waals surface area contributed by atoms with Gasteiger partial charge in [-0.15, -0.1) is 0 Å². The highest BCUT2D eigenvalue weighted by molar-refractivity contribution is 5.99. The molecule has 2 atom stereocenters. The summed E-state index contributed by atoms with van der Waals surface area (Å²) in [4.78, 5) is 54.8. The minimum atomic E-state index is -1.16. The third-order valence-electron chi connectivity index (χ3n) is 8.26. The lowest BCUT2D eigenvalue weighted by molar-refractivity contribution is -0.143. The van der Waals surface area contributed by atoms with E-state index in [1.807, 2.05) is 0 Å². The molecule has 0 aromatic heterocycles. The van der Waals surface area contributed by atoms with Gasteiger partial charge in [0.1, 0.15) is 5.82 Å². The molecule has 2 saturated carbocycles. The topological polar surface area (TPSA) is 107 Å². The Morgan fingerprint density at radius 3 is 2.19 bits per heavy atom. The minimum absolute atomic E-state index is 0.0444. The summed E-state index contributed by atoms with van der Waals surface area (Å²) in [5, 5.41) is 12.4. The number of carboxylic acid groups (broad SMARTS) is 1. The Morgan fingerprint density at radius 1 is 0.919 bits per heavy atom. The Kier molecular flexibility index (Phi) is 9.16. The summed E-state index contributed by atoms with van der Waals surface area (Å²) < 4.78 is 13.4. The van der Waals surface area contributed by atoms with E-state index in [0.29, 0.717) is 12.3 Å². The molecule has 4 rings (SSSR count). The lowest BCUT2D eigenvalue weighted by Gasteiger charge is -2.34. The van der Waals surface area contributed by atoms with E-state index in [0.717, 1.165) is 51.4 Å². The first-order valence-corrected chi connectivity index (χ1v) is 13.7. The Bertz CT molecular complexity index is 973. The van der Waals surface area contributed by atoms with Crippen LogP contribution in [0.25, 0.3) is 0 Å². The third-order valence-corrected chi connectivity index (χ3v) is 8.26. The molecule has 8 nitrogen and oxygen atoms in total. The Morgan fingerprint density at radius 2 is 1.54 bits per heavy atom. The first kappa shape index (κ1) is 27.1. The van der Waals surface area contributed by atoms with Crippen LogP contribution in [0.3, 0.4) is 0 Å². The minimum Gasteiger partial charge on any atom is -0.481 e. The molecule has 9 heteroatoms. The fourth-order valence-electron chi connectivity index (χ4n) is 6.23. The first-order chi connectivity index (χ1) is 17.8. The van der Waals surface area contributed by atoms with E-state index in [4.69, 9.17) is 0 Å². The van der Waals surface area contributed by atoms with Gasteiger partial charge in [0.2, 0.25) is 5.91 Å². The van der Waals surface area contributed by atoms with E-state index in [9.17, 15) is 28.7 Å². The molecule has 202 valence electrons. The van der Waals surface area contributed by atoms with Crippen molar-refractivity contribution in [1.82, 2.24) is 15.1 Å². The summed E-state index contributed by atoms with van der Waals surface area (Å²) in [5.74, 6) is -2.07. The van der Waals surface area contributed by atoms with Gasteiger partial charge in [0.05, 0.1) is 6.42 Å². The molecular formula is C28H38FN3O5. The lowest BCUT2D eigenvalue weighted by atomic mass is 9.82. The molecule has 3 aliphatic rings.